The monoisotopic (exact) mass is 241 g/mol. The number of hydrogen-bond acceptors (Lipinski definition) is 1. The predicted molar refractivity (Wildman–Crippen MR) is 74.3 cm³/mol. The molecule has 0 saturated carbocycles. The van der Waals surface area contributed by atoms with E-state index in [1.54, 1.807) is 0 Å². The molecular formula is C14H24ClN. The Morgan fingerprint density at radius 2 is 1.75 bits per heavy atom. The van der Waals surface area contributed by atoms with Gasteiger partial charge in [-0.25, -0.2) is 0 Å². The Balaban J connectivity index is 0.00000106. The highest BCUT2D eigenvalue weighted by Crippen LogP contribution is 2.22. The van der Waals surface area contributed by atoms with Crippen LogP contribution in [0.4, 0.5) is 0 Å². The first-order valence-electron chi connectivity index (χ1n) is 6.11. The van der Waals surface area contributed by atoms with Gasteiger partial charge in [0.1, 0.15) is 0 Å². The zero-order valence-electron chi connectivity index (χ0n) is 10.9. The van der Waals surface area contributed by atoms with Crippen LogP contribution in [0.15, 0.2) is 12.1 Å². The van der Waals surface area contributed by atoms with Gasteiger partial charge in [-0.05, 0) is 62.4 Å². The van der Waals surface area contributed by atoms with Gasteiger partial charge in [-0.2, -0.15) is 0 Å². The Hall–Kier alpha value is -0.530. The quantitative estimate of drug-likeness (QED) is 0.783. The molecule has 2 heteroatoms. The zero-order chi connectivity index (χ0) is 12.6. The largest absolute Gasteiger partial charge is 0.330 e. The van der Waals surface area contributed by atoms with Crippen LogP contribution in [0.2, 0.25) is 5.02 Å². The molecular weight excluding hydrogens is 218 g/mol. The molecule has 0 spiro atoms. The second kappa shape index (κ2) is 8.60. The molecule has 16 heavy (non-hydrogen) atoms. The molecule has 0 aliphatic carbocycles. The third kappa shape index (κ3) is 5.00. The van der Waals surface area contributed by atoms with Crippen molar-refractivity contribution in [3.63, 3.8) is 0 Å². The maximum Gasteiger partial charge on any atom is 0.0440 e. The van der Waals surface area contributed by atoms with Crippen LogP contribution in [0.1, 0.15) is 43.4 Å². The van der Waals surface area contributed by atoms with Crippen molar-refractivity contribution in [2.75, 3.05) is 6.54 Å². The van der Waals surface area contributed by atoms with Gasteiger partial charge in [-0.3, -0.25) is 0 Å². The smallest absolute Gasteiger partial charge is 0.0440 e. The van der Waals surface area contributed by atoms with Gasteiger partial charge in [0.25, 0.3) is 0 Å². The number of benzene rings is 1. The molecule has 1 nitrogen and oxygen atoms in total. The fourth-order valence-corrected chi connectivity index (χ4v) is 1.90. The van der Waals surface area contributed by atoms with Crippen LogP contribution < -0.4 is 5.73 Å². The van der Waals surface area contributed by atoms with Crippen LogP contribution in [0.25, 0.3) is 0 Å². The highest BCUT2D eigenvalue weighted by atomic mass is 35.5. The molecule has 0 bridgehead atoms. The summed E-state index contributed by atoms with van der Waals surface area (Å²) in [6.07, 6.45) is 3.33. The summed E-state index contributed by atoms with van der Waals surface area (Å²) in [5.41, 5.74) is 9.28. The topological polar surface area (TPSA) is 26.0 Å². The molecule has 0 radical (unpaired) electrons. The van der Waals surface area contributed by atoms with E-state index in [1.165, 1.54) is 16.7 Å². The van der Waals surface area contributed by atoms with Crippen LogP contribution in [0.5, 0.6) is 0 Å². The zero-order valence-corrected chi connectivity index (χ0v) is 11.7. The van der Waals surface area contributed by atoms with Crippen molar-refractivity contribution in [2.45, 2.75) is 47.0 Å². The average molecular weight is 242 g/mol. The number of rotatable bonds is 4. The van der Waals surface area contributed by atoms with Gasteiger partial charge < -0.3 is 5.73 Å². The minimum Gasteiger partial charge on any atom is -0.330 e. The number of aryl methyl sites for hydroxylation is 2. The number of unbranched alkanes of at least 4 members (excludes halogenated alkanes) is 1. The Kier molecular flexibility index (Phi) is 8.32. The third-order valence-electron chi connectivity index (χ3n) is 2.50. The summed E-state index contributed by atoms with van der Waals surface area (Å²) in [4.78, 5) is 0. The molecule has 0 atom stereocenters. The van der Waals surface area contributed by atoms with E-state index < -0.39 is 0 Å². The molecule has 0 saturated heterocycles. The van der Waals surface area contributed by atoms with E-state index in [9.17, 15) is 0 Å². The van der Waals surface area contributed by atoms with Crippen molar-refractivity contribution in [2.24, 2.45) is 5.73 Å². The van der Waals surface area contributed by atoms with Gasteiger partial charge in [0.15, 0.2) is 0 Å². The van der Waals surface area contributed by atoms with Gasteiger partial charge in [-0.1, -0.05) is 31.5 Å². The second-order valence-electron chi connectivity index (χ2n) is 3.78. The van der Waals surface area contributed by atoms with Crippen LogP contribution in [-0.4, -0.2) is 6.54 Å². The number of halogens is 1. The van der Waals surface area contributed by atoms with Gasteiger partial charge >= 0.3 is 0 Å². The molecule has 0 aliphatic rings. The molecule has 92 valence electrons. The molecule has 2 N–H and O–H groups in total. The van der Waals surface area contributed by atoms with Crippen LogP contribution in [0.3, 0.4) is 0 Å². The number of hydrogen-bond donors (Lipinski definition) is 1. The maximum absolute atomic E-state index is 6.11. The van der Waals surface area contributed by atoms with Crippen molar-refractivity contribution in [1.82, 2.24) is 0 Å². The van der Waals surface area contributed by atoms with Gasteiger partial charge in [0, 0.05) is 5.02 Å². The first-order chi connectivity index (χ1) is 7.65. The predicted octanol–water partition coefficient (Wildman–Crippen LogP) is 4.26. The summed E-state index contributed by atoms with van der Waals surface area (Å²) < 4.78 is 0. The van der Waals surface area contributed by atoms with E-state index in [0.717, 1.165) is 30.8 Å². The van der Waals surface area contributed by atoms with Gasteiger partial charge in [0.05, 0.1) is 0 Å². The normalized spacial score (nSPS) is 9.62. The van der Waals surface area contributed by atoms with E-state index in [0.29, 0.717) is 0 Å². The lowest BCUT2D eigenvalue weighted by Gasteiger charge is -2.08. The fourth-order valence-electron chi connectivity index (χ4n) is 1.61. The van der Waals surface area contributed by atoms with Gasteiger partial charge in [-0.15, -0.1) is 0 Å². The van der Waals surface area contributed by atoms with E-state index in [4.69, 9.17) is 17.3 Å². The molecule has 0 aromatic heterocycles. The first-order valence-corrected chi connectivity index (χ1v) is 6.48. The molecule has 0 heterocycles. The van der Waals surface area contributed by atoms with Crippen LogP contribution in [0, 0.1) is 13.8 Å². The average Bonchev–Trinajstić information content (AvgIpc) is 2.28. The van der Waals surface area contributed by atoms with Crippen molar-refractivity contribution in [3.8, 4) is 0 Å². The van der Waals surface area contributed by atoms with E-state index in [1.807, 2.05) is 19.9 Å². The fraction of sp³-hybridized carbons (Fsp3) is 0.571. The molecule has 0 aliphatic heterocycles. The molecule has 1 rings (SSSR count). The lowest BCUT2D eigenvalue weighted by molar-refractivity contribution is 0.742. The summed E-state index contributed by atoms with van der Waals surface area (Å²) in [5, 5.41) is 0.882. The lowest BCUT2D eigenvalue weighted by Crippen LogP contribution is -2.00. The van der Waals surface area contributed by atoms with Crippen molar-refractivity contribution in [1.29, 1.82) is 0 Å². The van der Waals surface area contributed by atoms with Crippen LogP contribution >= 0.6 is 11.6 Å². The summed E-state index contributed by atoms with van der Waals surface area (Å²) in [5.74, 6) is 0. The Morgan fingerprint density at radius 1 is 1.12 bits per heavy atom. The minimum atomic E-state index is 0.776. The summed E-state index contributed by atoms with van der Waals surface area (Å²) in [6.45, 7) is 8.94. The molecule has 1 aromatic rings. The van der Waals surface area contributed by atoms with Crippen molar-refractivity contribution < 1.29 is 0 Å². The van der Waals surface area contributed by atoms with Crippen LogP contribution in [-0.2, 0) is 6.42 Å². The van der Waals surface area contributed by atoms with Gasteiger partial charge in [0.2, 0.25) is 0 Å². The highest BCUT2D eigenvalue weighted by Gasteiger charge is 2.03. The Labute approximate surface area is 105 Å². The molecule has 1 aromatic carbocycles. The van der Waals surface area contributed by atoms with E-state index in [-0.39, 0.29) is 0 Å². The molecule has 0 amide bonds. The van der Waals surface area contributed by atoms with Crippen molar-refractivity contribution >= 4 is 11.6 Å². The second-order valence-corrected chi connectivity index (χ2v) is 4.18. The minimum absolute atomic E-state index is 0.776. The number of nitrogens with two attached hydrogens (primary N) is 1. The van der Waals surface area contributed by atoms with E-state index >= 15 is 0 Å². The summed E-state index contributed by atoms with van der Waals surface area (Å²) in [6, 6.07) is 4.24. The molecule has 0 unspecified atom stereocenters. The SMILES string of the molecule is CC.Cc1cc(Cl)c(C)c(CCCCN)c1. The maximum atomic E-state index is 6.11. The Bertz CT molecular complexity index is 308. The highest BCUT2D eigenvalue weighted by molar-refractivity contribution is 6.31. The summed E-state index contributed by atoms with van der Waals surface area (Å²) >= 11 is 6.11. The van der Waals surface area contributed by atoms with Crippen molar-refractivity contribution in [3.05, 3.63) is 33.8 Å². The Morgan fingerprint density at radius 3 is 2.31 bits per heavy atom. The summed E-state index contributed by atoms with van der Waals surface area (Å²) in [7, 11) is 0. The third-order valence-corrected chi connectivity index (χ3v) is 2.89. The molecule has 0 fully saturated rings. The standard InChI is InChI=1S/C12H18ClN.C2H6/c1-9-7-11(5-3-4-6-14)10(2)12(13)8-9;1-2/h7-8H,3-6,14H2,1-2H3;1-2H3. The first kappa shape index (κ1) is 15.5. The lowest BCUT2D eigenvalue weighted by atomic mass is 10.0. The van der Waals surface area contributed by atoms with E-state index in [2.05, 4.69) is 19.9 Å².